The molecular weight excluding hydrogens is 267 g/mol. The minimum Gasteiger partial charge on any atom is -0.473 e. The van der Waals surface area contributed by atoms with Gasteiger partial charge in [-0.3, -0.25) is 4.90 Å². The van der Waals surface area contributed by atoms with Gasteiger partial charge in [-0.25, -0.2) is 0 Å². The molecule has 1 aliphatic heterocycles. The van der Waals surface area contributed by atoms with Crippen LogP contribution in [0.2, 0.25) is 0 Å². The Labute approximate surface area is 124 Å². The Bertz CT molecular complexity index is 600. The number of ether oxygens (including phenoxy) is 1. The maximum atomic E-state index is 13.0. The van der Waals surface area contributed by atoms with Gasteiger partial charge in [0.15, 0.2) is 0 Å². The molecule has 2 aromatic rings. The van der Waals surface area contributed by atoms with Gasteiger partial charge < -0.3 is 4.74 Å². The van der Waals surface area contributed by atoms with Gasteiger partial charge >= 0.3 is 0 Å². The molecule has 0 spiro atoms. The number of halogens is 1. The fraction of sp³-hybridized carbons (Fsp3) is 0.353. The molecule has 0 bridgehead atoms. The van der Waals surface area contributed by atoms with Crippen molar-refractivity contribution < 1.29 is 9.13 Å². The summed E-state index contributed by atoms with van der Waals surface area (Å²) >= 11 is 0. The van der Waals surface area contributed by atoms with Gasteiger partial charge in [0.25, 0.3) is 0 Å². The number of rotatable bonds is 4. The number of aromatic nitrogens is 1. The smallest absolute Gasteiger partial charge is 0.216 e. The van der Waals surface area contributed by atoms with Gasteiger partial charge in [0.05, 0.1) is 0 Å². The Hall–Kier alpha value is -1.94. The van der Waals surface area contributed by atoms with Crippen molar-refractivity contribution in [2.45, 2.75) is 26.0 Å². The second kappa shape index (κ2) is 6.22. The third-order valence-electron chi connectivity index (χ3n) is 3.73. The first-order valence-electron chi connectivity index (χ1n) is 7.26. The van der Waals surface area contributed by atoms with E-state index < -0.39 is 5.95 Å². The van der Waals surface area contributed by atoms with Crippen molar-refractivity contribution in [1.29, 1.82) is 0 Å². The summed E-state index contributed by atoms with van der Waals surface area (Å²) in [5, 5.41) is 0. The van der Waals surface area contributed by atoms with Crippen LogP contribution in [-0.4, -0.2) is 29.1 Å². The molecule has 0 radical (unpaired) electrons. The monoisotopic (exact) mass is 286 g/mol. The molecular formula is C17H19FN2O. The summed E-state index contributed by atoms with van der Waals surface area (Å²) in [6.07, 6.45) is 1.04. The van der Waals surface area contributed by atoms with Crippen molar-refractivity contribution in [2.75, 3.05) is 13.1 Å². The molecule has 1 aromatic carbocycles. The summed E-state index contributed by atoms with van der Waals surface area (Å²) < 4.78 is 18.8. The number of likely N-dealkylation sites (tertiary alicyclic amines) is 1. The van der Waals surface area contributed by atoms with E-state index in [-0.39, 0.29) is 6.10 Å². The predicted octanol–water partition coefficient (Wildman–Crippen LogP) is 3.18. The Morgan fingerprint density at radius 2 is 2.05 bits per heavy atom. The van der Waals surface area contributed by atoms with Crippen LogP contribution in [-0.2, 0) is 6.54 Å². The molecule has 3 rings (SSSR count). The summed E-state index contributed by atoms with van der Waals surface area (Å²) in [4.78, 5) is 6.10. The minimum absolute atomic E-state index is 0.0877. The zero-order valence-electron chi connectivity index (χ0n) is 12.1. The van der Waals surface area contributed by atoms with E-state index in [0.29, 0.717) is 5.88 Å². The largest absolute Gasteiger partial charge is 0.473 e. The number of benzene rings is 1. The molecule has 0 amide bonds. The van der Waals surface area contributed by atoms with Gasteiger partial charge in [-0.1, -0.05) is 35.9 Å². The van der Waals surface area contributed by atoms with Gasteiger partial charge in [0.2, 0.25) is 11.8 Å². The molecule has 21 heavy (non-hydrogen) atoms. The van der Waals surface area contributed by atoms with Crippen LogP contribution in [0.15, 0.2) is 42.5 Å². The van der Waals surface area contributed by atoms with Crippen molar-refractivity contribution in [1.82, 2.24) is 9.88 Å². The van der Waals surface area contributed by atoms with Crippen molar-refractivity contribution in [3.63, 3.8) is 0 Å². The maximum absolute atomic E-state index is 13.0. The molecule has 3 nitrogen and oxygen atoms in total. The Kier molecular flexibility index (Phi) is 4.15. The number of hydrogen-bond donors (Lipinski definition) is 0. The average Bonchev–Trinajstić information content (AvgIpc) is 2.89. The van der Waals surface area contributed by atoms with Gasteiger partial charge in [-0.05, 0) is 25.0 Å². The zero-order valence-corrected chi connectivity index (χ0v) is 12.1. The minimum atomic E-state index is -0.498. The number of hydrogen-bond acceptors (Lipinski definition) is 3. The second-order valence-electron chi connectivity index (χ2n) is 5.55. The molecule has 1 atom stereocenters. The third-order valence-corrected chi connectivity index (χ3v) is 3.73. The third kappa shape index (κ3) is 3.79. The van der Waals surface area contributed by atoms with E-state index in [0.717, 1.165) is 26.1 Å². The Morgan fingerprint density at radius 3 is 2.81 bits per heavy atom. The van der Waals surface area contributed by atoms with E-state index in [1.807, 2.05) is 0 Å². The fourth-order valence-electron chi connectivity index (χ4n) is 2.61. The summed E-state index contributed by atoms with van der Waals surface area (Å²) in [6, 6.07) is 13.2. The first-order valence-corrected chi connectivity index (χ1v) is 7.26. The van der Waals surface area contributed by atoms with E-state index in [2.05, 4.69) is 41.1 Å². The van der Waals surface area contributed by atoms with Crippen LogP contribution < -0.4 is 4.74 Å². The van der Waals surface area contributed by atoms with Crippen LogP contribution in [0.5, 0.6) is 5.88 Å². The maximum Gasteiger partial charge on any atom is 0.216 e. The summed E-state index contributed by atoms with van der Waals surface area (Å²) in [5.74, 6) is -0.126. The molecule has 0 aliphatic carbocycles. The van der Waals surface area contributed by atoms with Crippen LogP contribution in [0, 0.1) is 12.9 Å². The predicted molar refractivity (Wildman–Crippen MR) is 79.7 cm³/mol. The van der Waals surface area contributed by atoms with Crippen molar-refractivity contribution in [3.05, 3.63) is 59.5 Å². The van der Waals surface area contributed by atoms with E-state index >= 15 is 0 Å². The molecule has 4 heteroatoms. The van der Waals surface area contributed by atoms with Gasteiger partial charge in [0.1, 0.15) is 6.10 Å². The summed E-state index contributed by atoms with van der Waals surface area (Å²) in [7, 11) is 0. The number of nitrogens with zero attached hydrogens (tertiary/aromatic N) is 2. The van der Waals surface area contributed by atoms with Crippen LogP contribution in [0.1, 0.15) is 17.5 Å². The first kappa shape index (κ1) is 14.0. The summed E-state index contributed by atoms with van der Waals surface area (Å²) in [6.45, 7) is 4.87. The van der Waals surface area contributed by atoms with E-state index in [1.54, 1.807) is 12.1 Å². The molecule has 1 fully saturated rings. The van der Waals surface area contributed by atoms with Crippen LogP contribution >= 0.6 is 0 Å². The number of pyridine rings is 1. The highest BCUT2D eigenvalue weighted by molar-refractivity contribution is 5.21. The standard InChI is InChI=1S/C17H19FN2O/c1-13-5-7-14(8-6-13)11-20-10-9-15(12-20)21-17-4-2-3-16(18)19-17/h2-8,15H,9-12H2,1H3. The normalized spacial score (nSPS) is 18.9. The molecule has 2 heterocycles. The van der Waals surface area contributed by atoms with E-state index in [9.17, 15) is 4.39 Å². The van der Waals surface area contributed by atoms with Crippen molar-refractivity contribution >= 4 is 0 Å². The van der Waals surface area contributed by atoms with Gasteiger partial charge in [-0.15, -0.1) is 0 Å². The second-order valence-corrected chi connectivity index (χ2v) is 5.55. The lowest BCUT2D eigenvalue weighted by molar-refractivity contribution is 0.189. The SMILES string of the molecule is Cc1ccc(CN2CCC(Oc3cccc(F)n3)C2)cc1. The lowest BCUT2D eigenvalue weighted by Gasteiger charge is -2.16. The highest BCUT2D eigenvalue weighted by Crippen LogP contribution is 2.18. The van der Waals surface area contributed by atoms with Crippen LogP contribution in [0.3, 0.4) is 0 Å². The summed E-state index contributed by atoms with van der Waals surface area (Å²) in [5.41, 5.74) is 2.59. The molecule has 110 valence electrons. The van der Waals surface area contributed by atoms with Crippen LogP contribution in [0.4, 0.5) is 4.39 Å². The van der Waals surface area contributed by atoms with Crippen molar-refractivity contribution in [3.8, 4) is 5.88 Å². The molecule has 1 saturated heterocycles. The average molecular weight is 286 g/mol. The molecule has 1 aromatic heterocycles. The van der Waals surface area contributed by atoms with Gasteiger partial charge in [-0.2, -0.15) is 9.37 Å². The lowest BCUT2D eigenvalue weighted by Crippen LogP contribution is -2.24. The number of aryl methyl sites for hydroxylation is 1. The van der Waals surface area contributed by atoms with E-state index in [1.165, 1.54) is 17.2 Å². The first-order chi connectivity index (χ1) is 10.2. The Morgan fingerprint density at radius 1 is 1.24 bits per heavy atom. The van der Waals surface area contributed by atoms with Crippen LogP contribution in [0.25, 0.3) is 0 Å². The highest BCUT2D eigenvalue weighted by Gasteiger charge is 2.24. The highest BCUT2D eigenvalue weighted by atomic mass is 19.1. The topological polar surface area (TPSA) is 25.4 Å². The lowest BCUT2D eigenvalue weighted by atomic mass is 10.1. The molecule has 0 N–H and O–H groups in total. The van der Waals surface area contributed by atoms with Gasteiger partial charge in [0, 0.05) is 25.7 Å². The Balaban J connectivity index is 1.54. The molecule has 0 saturated carbocycles. The quantitative estimate of drug-likeness (QED) is 0.807. The molecule has 1 unspecified atom stereocenters. The molecule has 1 aliphatic rings. The zero-order chi connectivity index (χ0) is 14.7. The fourth-order valence-corrected chi connectivity index (χ4v) is 2.61. The van der Waals surface area contributed by atoms with E-state index in [4.69, 9.17) is 4.74 Å². The van der Waals surface area contributed by atoms with Crippen molar-refractivity contribution in [2.24, 2.45) is 0 Å².